The molecule has 0 spiro atoms. The van der Waals surface area contributed by atoms with Gasteiger partial charge >= 0.3 is 0 Å². The maximum atomic E-state index is 4.97. The average molecular weight is 573 g/mol. The predicted octanol–water partition coefficient (Wildman–Crippen LogP) is 10.8. The molecule has 0 saturated carbocycles. The third-order valence-corrected chi connectivity index (χ3v) is 8.86. The SMILES string of the molecule is C=C(N=C(N=C(C)c1ccccc1)C1=CCCC=C1)c1ccc(C(C)(C)c2ccc(-c3ccc4c(c3)C=CCC4)cc2)cc1. The van der Waals surface area contributed by atoms with Gasteiger partial charge in [0.25, 0.3) is 0 Å². The molecule has 0 heterocycles. The summed E-state index contributed by atoms with van der Waals surface area (Å²) in [5.41, 5.74) is 12.5. The summed E-state index contributed by atoms with van der Waals surface area (Å²) in [4.78, 5) is 9.93. The summed E-state index contributed by atoms with van der Waals surface area (Å²) in [7, 11) is 0. The van der Waals surface area contributed by atoms with Crippen molar-refractivity contribution in [3.63, 3.8) is 0 Å². The molecule has 4 aromatic carbocycles. The van der Waals surface area contributed by atoms with E-state index in [0.29, 0.717) is 11.5 Å². The van der Waals surface area contributed by atoms with E-state index < -0.39 is 0 Å². The zero-order valence-corrected chi connectivity index (χ0v) is 26.1. The monoisotopic (exact) mass is 572 g/mol. The Bertz CT molecular complexity index is 1810. The van der Waals surface area contributed by atoms with Crippen LogP contribution in [0.2, 0.25) is 0 Å². The molecular formula is C42H40N2. The Balaban J connectivity index is 1.22. The van der Waals surface area contributed by atoms with Crippen LogP contribution in [0.3, 0.4) is 0 Å². The van der Waals surface area contributed by atoms with Crippen LogP contribution in [0.4, 0.5) is 0 Å². The van der Waals surface area contributed by atoms with Crippen molar-refractivity contribution in [3.05, 3.63) is 167 Å². The lowest BCUT2D eigenvalue weighted by atomic mass is 9.77. The Kier molecular flexibility index (Phi) is 8.52. The summed E-state index contributed by atoms with van der Waals surface area (Å²) >= 11 is 0. The average Bonchev–Trinajstić information content (AvgIpc) is 3.08. The first-order chi connectivity index (χ1) is 21.4. The first kappa shape index (κ1) is 29.3. The van der Waals surface area contributed by atoms with Crippen LogP contribution in [-0.2, 0) is 11.8 Å². The van der Waals surface area contributed by atoms with Crippen molar-refractivity contribution < 1.29 is 0 Å². The highest BCUT2D eigenvalue weighted by molar-refractivity contribution is 6.13. The second kappa shape index (κ2) is 12.8. The molecule has 2 aliphatic carbocycles. The Morgan fingerprint density at radius 2 is 1.36 bits per heavy atom. The van der Waals surface area contributed by atoms with Crippen molar-refractivity contribution >= 4 is 23.3 Å². The molecule has 0 radical (unpaired) electrons. The molecule has 0 unspecified atom stereocenters. The van der Waals surface area contributed by atoms with E-state index in [4.69, 9.17) is 9.98 Å². The normalized spacial score (nSPS) is 15.1. The van der Waals surface area contributed by atoms with E-state index in [1.54, 1.807) is 0 Å². The van der Waals surface area contributed by atoms with Crippen molar-refractivity contribution in [2.45, 2.75) is 51.9 Å². The van der Waals surface area contributed by atoms with E-state index in [2.05, 4.69) is 130 Å². The standard InChI is InChI=1S/C42H40N2/c1-30(32-13-7-5-8-14-32)43-41(36-16-9-6-10-17-36)44-31(2)33-21-25-39(26-22-33)42(3,4)40-27-23-35(24-28-40)38-20-19-34-15-11-12-18-37(34)29-38/h5,7-9,12-14,16-29H,2,6,10-11,15H2,1,3-4H3. The van der Waals surface area contributed by atoms with Gasteiger partial charge in [-0.2, -0.15) is 0 Å². The van der Waals surface area contributed by atoms with Crippen LogP contribution in [0.5, 0.6) is 0 Å². The van der Waals surface area contributed by atoms with Gasteiger partial charge in [0.05, 0.1) is 5.70 Å². The summed E-state index contributed by atoms with van der Waals surface area (Å²) in [6.07, 6.45) is 15.4. The third kappa shape index (κ3) is 6.40. The number of amidine groups is 1. The van der Waals surface area contributed by atoms with Crippen molar-refractivity contribution in [1.82, 2.24) is 0 Å². The van der Waals surface area contributed by atoms with E-state index in [1.807, 2.05) is 25.1 Å². The minimum atomic E-state index is -0.153. The highest BCUT2D eigenvalue weighted by Crippen LogP contribution is 2.34. The smallest absolute Gasteiger partial charge is 0.159 e. The van der Waals surface area contributed by atoms with Gasteiger partial charge in [0.1, 0.15) is 0 Å². The second-order valence-electron chi connectivity index (χ2n) is 12.2. The zero-order valence-electron chi connectivity index (χ0n) is 26.1. The molecule has 2 nitrogen and oxygen atoms in total. The lowest BCUT2D eigenvalue weighted by Crippen LogP contribution is -2.18. The number of hydrogen-bond donors (Lipinski definition) is 0. The molecule has 0 fully saturated rings. The van der Waals surface area contributed by atoms with Gasteiger partial charge in [0.15, 0.2) is 5.84 Å². The van der Waals surface area contributed by atoms with E-state index in [0.717, 1.165) is 48.1 Å². The topological polar surface area (TPSA) is 24.7 Å². The van der Waals surface area contributed by atoms with Gasteiger partial charge in [-0.25, -0.2) is 9.98 Å². The highest BCUT2D eigenvalue weighted by Gasteiger charge is 2.23. The Morgan fingerprint density at radius 1 is 0.682 bits per heavy atom. The third-order valence-electron chi connectivity index (χ3n) is 8.86. The molecular weight excluding hydrogens is 532 g/mol. The van der Waals surface area contributed by atoms with Crippen LogP contribution in [0.15, 0.2) is 144 Å². The summed E-state index contributed by atoms with van der Waals surface area (Å²) in [5.74, 6) is 0.701. The molecule has 44 heavy (non-hydrogen) atoms. The molecule has 0 bridgehead atoms. The van der Waals surface area contributed by atoms with Crippen LogP contribution >= 0.6 is 0 Å². The van der Waals surface area contributed by atoms with E-state index in [9.17, 15) is 0 Å². The highest BCUT2D eigenvalue weighted by atomic mass is 14.9. The van der Waals surface area contributed by atoms with Gasteiger partial charge in [-0.05, 0) is 83.2 Å². The fourth-order valence-electron chi connectivity index (χ4n) is 5.96. The molecule has 2 heteroatoms. The summed E-state index contributed by atoms with van der Waals surface area (Å²) in [5, 5.41) is 0. The van der Waals surface area contributed by atoms with Gasteiger partial charge in [-0.1, -0.05) is 142 Å². The number of rotatable bonds is 7. The van der Waals surface area contributed by atoms with Gasteiger partial charge < -0.3 is 0 Å². The quantitative estimate of drug-likeness (QED) is 0.155. The molecule has 0 aromatic heterocycles. The minimum Gasteiger partial charge on any atom is -0.233 e. The maximum absolute atomic E-state index is 4.97. The first-order valence-electron chi connectivity index (χ1n) is 15.7. The number of benzene rings is 4. The molecule has 0 amide bonds. The van der Waals surface area contributed by atoms with E-state index in [-0.39, 0.29) is 5.41 Å². The molecule has 2 aliphatic rings. The number of aliphatic imine (C=N–C) groups is 2. The molecule has 0 aliphatic heterocycles. The second-order valence-corrected chi connectivity index (χ2v) is 12.2. The number of allylic oxidation sites excluding steroid dienone is 3. The maximum Gasteiger partial charge on any atom is 0.159 e. The number of fused-ring (bicyclic) bond motifs is 1. The van der Waals surface area contributed by atoms with Crippen LogP contribution in [0.25, 0.3) is 22.9 Å². The van der Waals surface area contributed by atoms with Crippen molar-refractivity contribution in [1.29, 1.82) is 0 Å². The lowest BCUT2D eigenvalue weighted by Gasteiger charge is -2.26. The van der Waals surface area contributed by atoms with Gasteiger partial charge in [0.2, 0.25) is 0 Å². The Labute approximate surface area is 262 Å². The lowest BCUT2D eigenvalue weighted by molar-refractivity contribution is 0.641. The Hall–Kier alpha value is -4.82. The van der Waals surface area contributed by atoms with E-state index >= 15 is 0 Å². The van der Waals surface area contributed by atoms with Crippen LogP contribution < -0.4 is 0 Å². The Morgan fingerprint density at radius 3 is 2.07 bits per heavy atom. The summed E-state index contributed by atoms with van der Waals surface area (Å²) in [6, 6.07) is 34.8. The van der Waals surface area contributed by atoms with Crippen molar-refractivity contribution in [2.24, 2.45) is 9.98 Å². The zero-order chi connectivity index (χ0) is 30.5. The van der Waals surface area contributed by atoms with Crippen molar-refractivity contribution in [2.75, 3.05) is 0 Å². The van der Waals surface area contributed by atoms with Crippen LogP contribution in [-0.4, -0.2) is 11.5 Å². The first-order valence-corrected chi connectivity index (χ1v) is 15.7. The van der Waals surface area contributed by atoms with Crippen LogP contribution in [0.1, 0.15) is 73.4 Å². The van der Waals surface area contributed by atoms with Gasteiger partial charge in [0, 0.05) is 16.7 Å². The van der Waals surface area contributed by atoms with Crippen LogP contribution in [0, 0.1) is 0 Å². The van der Waals surface area contributed by atoms with Crippen molar-refractivity contribution in [3.8, 4) is 11.1 Å². The predicted molar refractivity (Wildman–Crippen MR) is 189 cm³/mol. The fraction of sp³-hybridized carbons (Fsp3) is 0.190. The molecule has 0 N–H and O–H groups in total. The molecule has 0 atom stereocenters. The molecule has 4 aromatic rings. The van der Waals surface area contributed by atoms with Gasteiger partial charge in [-0.15, -0.1) is 0 Å². The summed E-state index contributed by atoms with van der Waals surface area (Å²) in [6.45, 7) is 11.0. The largest absolute Gasteiger partial charge is 0.233 e. The minimum absolute atomic E-state index is 0.153. The molecule has 0 saturated heterocycles. The van der Waals surface area contributed by atoms with E-state index in [1.165, 1.54) is 33.4 Å². The molecule has 6 rings (SSSR count). The van der Waals surface area contributed by atoms with Gasteiger partial charge in [-0.3, -0.25) is 0 Å². The fourth-order valence-corrected chi connectivity index (χ4v) is 5.96. The number of hydrogen-bond acceptors (Lipinski definition) is 1. The number of nitrogens with zero attached hydrogens (tertiary/aromatic N) is 2. The number of aryl methyl sites for hydroxylation is 1. The molecule has 218 valence electrons. The summed E-state index contributed by atoms with van der Waals surface area (Å²) < 4.78 is 0.